The lowest BCUT2D eigenvalue weighted by atomic mass is 9.72. The monoisotopic (exact) mass is 750 g/mol. The van der Waals surface area contributed by atoms with Gasteiger partial charge in [0.1, 0.15) is 17.9 Å². The van der Waals surface area contributed by atoms with Crippen LogP contribution in [0.15, 0.2) is 48.8 Å². The zero-order chi connectivity index (χ0) is 38.4. The van der Waals surface area contributed by atoms with Gasteiger partial charge in [0, 0.05) is 60.5 Å². The normalized spacial score (nSPS) is 28.2. The summed E-state index contributed by atoms with van der Waals surface area (Å²) in [5.74, 6) is 2.49. The number of piperidine rings is 6. The van der Waals surface area contributed by atoms with Crippen LogP contribution in [0.25, 0.3) is 21.8 Å². The quantitative estimate of drug-likeness (QED) is 0.126. The number of carbonyl (C=O) groups excluding carboxylic acids is 2. The molecule has 4 N–H and O–H groups in total. The van der Waals surface area contributed by atoms with E-state index in [1.807, 2.05) is 24.3 Å². The van der Waals surface area contributed by atoms with E-state index in [9.17, 15) is 19.8 Å². The van der Waals surface area contributed by atoms with Crippen LogP contribution in [0.1, 0.15) is 82.1 Å². The predicted molar refractivity (Wildman–Crippen MR) is 212 cm³/mol. The Balaban J connectivity index is 1.00. The first-order chi connectivity index (χ1) is 26.7. The summed E-state index contributed by atoms with van der Waals surface area (Å²) >= 11 is 0. The number of hydrogen-bond donors (Lipinski definition) is 4. The Morgan fingerprint density at radius 2 is 1.18 bits per heavy atom. The van der Waals surface area contributed by atoms with E-state index in [2.05, 4.69) is 44.2 Å². The van der Waals surface area contributed by atoms with E-state index in [-0.39, 0.29) is 12.1 Å². The second-order valence-corrected chi connectivity index (χ2v) is 16.1. The molecule has 2 amide bonds. The molecule has 12 nitrogen and oxygen atoms in total. The second kappa shape index (κ2) is 15.6. The third-order valence-corrected chi connectivity index (χ3v) is 13.3. The van der Waals surface area contributed by atoms with Crippen LogP contribution < -0.4 is 20.1 Å². The molecule has 4 bridgehead atoms. The summed E-state index contributed by atoms with van der Waals surface area (Å²) in [6.45, 7) is 8.48. The van der Waals surface area contributed by atoms with Crippen molar-refractivity contribution in [3.8, 4) is 11.5 Å². The lowest BCUT2D eigenvalue weighted by molar-refractivity contribution is -0.123. The molecule has 0 aliphatic carbocycles. The first-order valence-electron chi connectivity index (χ1n) is 20.1. The van der Waals surface area contributed by atoms with Gasteiger partial charge in [-0.15, -0.1) is 0 Å². The SMILES string of the molecule is CC[C@H]1CN2CC[C@H]1C[C@H]2[C@H](O)c1ccnc2c(NC(=O)CC(=O)Nc3cc(OC)cc4c([C@@H](O)[C@@H]5C[C@@H]6CCN5C[C@@H]6CC)ccnc34)cc(OC)cc12. The summed E-state index contributed by atoms with van der Waals surface area (Å²) < 4.78 is 11.3. The van der Waals surface area contributed by atoms with Gasteiger partial charge in [-0.2, -0.15) is 0 Å². The largest absolute Gasteiger partial charge is 0.497 e. The van der Waals surface area contributed by atoms with Crippen LogP contribution in [0.4, 0.5) is 11.4 Å². The van der Waals surface area contributed by atoms with E-state index in [1.165, 1.54) is 12.8 Å². The highest BCUT2D eigenvalue weighted by Crippen LogP contribution is 2.45. The zero-order valence-corrected chi connectivity index (χ0v) is 32.3. The van der Waals surface area contributed by atoms with Gasteiger partial charge in [0.2, 0.25) is 11.8 Å². The third kappa shape index (κ3) is 7.14. The number of methoxy groups -OCH3 is 2. The van der Waals surface area contributed by atoms with Gasteiger partial charge in [-0.05, 0) is 97.8 Å². The van der Waals surface area contributed by atoms with Gasteiger partial charge in [0.15, 0.2) is 0 Å². The number of benzene rings is 2. The van der Waals surface area contributed by atoms with Gasteiger partial charge in [-0.1, -0.05) is 26.7 Å². The molecule has 6 aliphatic rings. The zero-order valence-electron chi connectivity index (χ0n) is 32.3. The number of hydrogen-bond acceptors (Lipinski definition) is 10. The van der Waals surface area contributed by atoms with Gasteiger partial charge in [-0.25, -0.2) is 0 Å². The van der Waals surface area contributed by atoms with Gasteiger partial charge >= 0.3 is 0 Å². The fourth-order valence-corrected chi connectivity index (χ4v) is 10.3. The highest BCUT2D eigenvalue weighted by Gasteiger charge is 2.44. The topological polar surface area (TPSA) is 149 Å². The third-order valence-electron chi connectivity index (χ3n) is 13.3. The Morgan fingerprint density at radius 3 is 1.55 bits per heavy atom. The number of nitrogens with one attached hydrogen (secondary N) is 2. The molecule has 0 radical (unpaired) electrons. The van der Waals surface area contributed by atoms with Crippen molar-refractivity contribution < 1.29 is 29.3 Å². The molecule has 6 saturated heterocycles. The maximum atomic E-state index is 13.5. The highest BCUT2D eigenvalue weighted by atomic mass is 16.5. The predicted octanol–water partition coefficient (Wildman–Crippen LogP) is 6.08. The summed E-state index contributed by atoms with van der Waals surface area (Å²) in [4.78, 5) is 41.1. The number of carbonyl (C=O) groups is 2. The Bertz CT molecular complexity index is 1930. The number of anilines is 2. The lowest BCUT2D eigenvalue weighted by Gasteiger charge is -2.51. The van der Waals surface area contributed by atoms with E-state index >= 15 is 0 Å². The van der Waals surface area contributed by atoms with E-state index in [1.54, 1.807) is 38.7 Å². The molecular weight excluding hydrogens is 697 g/mol. The van der Waals surface area contributed by atoms with Crippen LogP contribution in [0, 0.1) is 23.7 Å². The fourth-order valence-electron chi connectivity index (χ4n) is 10.3. The van der Waals surface area contributed by atoms with Crippen LogP contribution >= 0.6 is 0 Å². The molecule has 292 valence electrons. The van der Waals surface area contributed by atoms with Gasteiger partial charge in [0.25, 0.3) is 0 Å². The Hall–Kier alpha value is -4.36. The summed E-state index contributed by atoms with van der Waals surface area (Å²) in [5, 5.41) is 30.8. The van der Waals surface area contributed by atoms with E-state index in [0.717, 1.165) is 63.0 Å². The average molecular weight is 751 g/mol. The van der Waals surface area contributed by atoms with Crippen LogP contribution in [0.2, 0.25) is 0 Å². The van der Waals surface area contributed by atoms with Crippen molar-refractivity contribution in [1.82, 2.24) is 19.8 Å². The molecule has 12 heteroatoms. The maximum Gasteiger partial charge on any atom is 0.233 e. The number of aliphatic hydroxyl groups is 2. The second-order valence-electron chi connectivity index (χ2n) is 16.1. The number of aromatic nitrogens is 2. The molecule has 2 aromatic carbocycles. The first-order valence-corrected chi connectivity index (χ1v) is 20.1. The van der Waals surface area contributed by atoms with Crippen molar-refractivity contribution in [2.75, 3.05) is 51.0 Å². The van der Waals surface area contributed by atoms with Crippen LogP contribution in [0.3, 0.4) is 0 Å². The van der Waals surface area contributed by atoms with Crippen molar-refractivity contribution in [1.29, 1.82) is 0 Å². The fraction of sp³-hybridized carbons (Fsp3) is 0.535. The van der Waals surface area contributed by atoms with Gasteiger partial charge in [-0.3, -0.25) is 29.4 Å². The Labute approximate surface area is 322 Å². The van der Waals surface area contributed by atoms with E-state index < -0.39 is 30.4 Å². The van der Waals surface area contributed by atoms with Crippen molar-refractivity contribution in [2.45, 2.75) is 83.1 Å². The number of pyridine rings is 2. The standard InChI is InChI=1S/C43H54N6O6/c1-5-24-22-48-13-9-26(24)15-36(48)42(52)30-7-11-44-40-32(30)17-28(54-3)19-34(40)46-38(50)21-39(51)47-35-20-29(55-4)18-33-31(8-12-45-41(33)35)43(53)37-16-27-10-14-49(37)23-25(27)6-2/h7-8,11-12,17-20,24-27,36-37,42-43,52-53H,5-6,9-10,13-16,21-23H2,1-4H3,(H,46,50)(H,47,51)/t24-,25-,26-,27-,36-,37-,42+,43+/m0/s1. The molecule has 2 aromatic heterocycles. The number of amides is 2. The van der Waals surface area contributed by atoms with Crippen LogP contribution in [-0.2, 0) is 9.59 Å². The first kappa shape index (κ1) is 37.6. The molecule has 55 heavy (non-hydrogen) atoms. The Morgan fingerprint density at radius 1 is 0.745 bits per heavy atom. The van der Waals surface area contributed by atoms with Gasteiger partial charge < -0.3 is 30.3 Å². The average Bonchev–Trinajstić information content (AvgIpc) is 3.22. The van der Waals surface area contributed by atoms with Crippen molar-refractivity contribution in [3.05, 3.63) is 59.9 Å². The Kier molecular flexibility index (Phi) is 10.7. The van der Waals surface area contributed by atoms with E-state index in [0.29, 0.717) is 68.4 Å². The van der Waals surface area contributed by atoms with Crippen molar-refractivity contribution in [2.24, 2.45) is 23.7 Å². The van der Waals surface area contributed by atoms with Crippen molar-refractivity contribution in [3.63, 3.8) is 0 Å². The summed E-state index contributed by atoms with van der Waals surface area (Å²) in [7, 11) is 3.11. The van der Waals surface area contributed by atoms with Crippen molar-refractivity contribution >= 4 is 45.0 Å². The summed E-state index contributed by atoms with van der Waals surface area (Å²) in [6.07, 6.45) is 7.92. The molecule has 4 aromatic rings. The summed E-state index contributed by atoms with van der Waals surface area (Å²) in [5.41, 5.74) is 3.28. The van der Waals surface area contributed by atoms with Gasteiger partial charge in [0.05, 0.1) is 48.8 Å². The number of nitrogens with zero attached hydrogens (tertiary/aromatic N) is 4. The molecule has 6 aliphatic heterocycles. The van der Waals surface area contributed by atoms with Crippen LogP contribution in [-0.4, -0.2) is 94.3 Å². The maximum absolute atomic E-state index is 13.5. The minimum Gasteiger partial charge on any atom is -0.497 e. The number of fused-ring (bicyclic) bond motifs is 8. The number of rotatable bonds is 12. The molecule has 6 fully saturated rings. The molecule has 8 heterocycles. The smallest absolute Gasteiger partial charge is 0.233 e. The molecule has 2 unspecified atom stereocenters. The molecular formula is C43H54N6O6. The number of aliphatic hydroxyl groups excluding tert-OH is 2. The molecule has 10 rings (SSSR count). The minimum atomic E-state index is -0.732. The number of ether oxygens (including phenoxy) is 2. The lowest BCUT2D eigenvalue weighted by Crippen LogP contribution is -2.55. The molecule has 10 atom stereocenters. The molecule has 0 saturated carbocycles. The van der Waals surface area contributed by atoms with Crippen LogP contribution in [0.5, 0.6) is 11.5 Å². The summed E-state index contributed by atoms with van der Waals surface area (Å²) in [6, 6.07) is 10.8. The minimum absolute atomic E-state index is 0.00955. The van der Waals surface area contributed by atoms with E-state index in [4.69, 9.17) is 9.47 Å². The molecule has 0 spiro atoms. The highest BCUT2D eigenvalue weighted by molar-refractivity contribution is 6.12.